The molecule has 1 fully saturated rings. The van der Waals surface area contributed by atoms with E-state index in [9.17, 15) is 4.39 Å². The fourth-order valence-corrected chi connectivity index (χ4v) is 2.43. The average Bonchev–Trinajstić information content (AvgIpc) is 2.63. The van der Waals surface area contributed by atoms with Crippen molar-refractivity contribution in [2.75, 3.05) is 27.3 Å². The molecule has 1 unspecified atom stereocenters. The SMILES string of the molecule is COc1ccc(C2(F)CCCNCC2)cc1OC. The monoisotopic (exact) mass is 253 g/mol. The molecular formula is C14H20FNO2. The zero-order valence-electron chi connectivity index (χ0n) is 11.0. The number of nitrogens with one attached hydrogen (secondary N) is 1. The molecule has 0 amide bonds. The predicted octanol–water partition coefficient (Wildman–Crippen LogP) is 2.64. The normalized spacial score (nSPS) is 24.4. The molecule has 1 N–H and O–H groups in total. The molecule has 1 aromatic rings. The third-order valence-corrected chi connectivity index (χ3v) is 3.53. The Labute approximate surface area is 107 Å². The molecular weight excluding hydrogens is 233 g/mol. The summed E-state index contributed by atoms with van der Waals surface area (Å²) in [6, 6.07) is 5.32. The average molecular weight is 253 g/mol. The van der Waals surface area contributed by atoms with Crippen LogP contribution in [0.3, 0.4) is 0 Å². The zero-order valence-corrected chi connectivity index (χ0v) is 11.0. The minimum absolute atomic E-state index is 0.502. The van der Waals surface area contributed by atoms with E-state index in [0.29, 0.717) is 36.4 Å². The first kappa shape index (κ1) is 13.1. The third-order valence-electron chi connectivity index (χ3n) is 3.53. The standard InChI is InChI=1S/C14H20FNO2/c1-17-12-5-4-11(10-13(12)18-2)14(15)6-3-8-16-9-7-14/h4-5,10,16H,3,6-9H2,1-2H3. The Morgan fingerprint density at radius 1 is 1.11 bits per heavy atom. The van der Waals surface area contributed by atoms with Crippen LogP contribution in [0.5, 0.6) is 11.5 Å². The summed E-state index contributed by atoms with van der Waals surface area (Å²) in [4.78, 5) is 0. The van der Waals surface area contributed by atoms with Crippen LogP contribution in [0, 0.1) is 0 Å². The highest BCUT2D eigenvalue weighted by Gasteiger charge is 2.33. The summed E-state index contributed by atoms with van der Waals surface area (Å²) >= 11 is 0. The van der Waals surface area contributed by atoms with Crippen LogP contribution in [0.2, 0.25) is 0 Å². The van der Waals surface area contributed by atoms with Gasteiger partial charge in [0, 0.05) is 0 Å². The van der Waals surface area contributed by atoms with Crippen LogP contribution in [0.15, 0.2) is 18.2 Å². The second-order valence-electron chi connectivity index (χ2n) is 4.64. The van der Waals surface area contributed by atoms with Crippen molar-refractivity contribution >= 4 is 0 Å². The van der Waals surface area contributed by atoms with Gasteiger partial charge in [0.25, 0.3) is 0 Å². The van der Waals surface area contributed by atoms with E-state index in [1.165, 1.54) is 0 Å². The molecule has 4 heteroatoms. The summed E-state index contributed by atoms with van der Waals surface area (Å²) in [5.74, 6) is 1.22. The second kappa shape index (κ2) is 5.57. The van der Waals surface area contributed by atoms with Crippen molar-refractivity contribution in [2.45, 2.75) is 24.9 Å². The highest BCUT2D eigenvalue weighted by molar-refractivity contribution is 5.44. The van der Waals surface area contributed by atoms with E-state index in [1.54, 1.807) is 32.4 Å². The van der Waals surface area contributed by atoms with Crippen LogP contribution >= 0.6 is 0 Å². The van der Waals surface area contributed by atoms with Crippen LogP contribution in [-0.2, 0) is 5.67 Å². The summed E-state index contributed by atoms with van der Waals surface area (Å²) in [7, 11) is 3.15. The molecule has 1 heterocycles. The molecule has 0 aromatic heterocycles. The van der Waals surface area contributed by atoms with E-state index in [4.69, 9.17) is 9.47 Å². The quantitative estimate of drug-likeness (QED) is 0.898. The van der Waals surface area contributed by atoms with E-state index in [0.717, 1.165) is 13.0 Å². The lowest BCUT2D eigenvalue weighted by atomic mass is 9.88. The van der Waals surface area contributed by atoms with Crippen LogP contribution in [0.1, 0.15) is 24.8 Å². The van der Waals surface area contributed by atoms with Gasteiger partial charge in [-0.1, -0.05) is 6.07 Å². The lowest BCUT2D eigenvalue weighted by Gasteiger charge is -2.24. The van der Waals surface area contributed by atoms with E-state index in [1.807, 2.05) is 0 Å². The van der Waals surface area contributed by atoms with Crippen molar-refractivity contribution in [3.05, 3.63) is 23.8 Å². The number of hydrogen-bond donors (Lipinski definition) is 1. The Morgan fingerprint density at radius 3 is 2.61 bits per heavy atom. The van der Waals surface area contributed by atoms with Crippen molar-refractivity contribution in [3.8, 4) is 11.5 Å². The zero-order chi connectivity index (χ0) is 13.0. The summed E-state index contributed by atoms with van der Waals surface area (Å²) in [5.41, 5.74) is -0.577. The number of rotatable bonds is 3. The number of hydrogen-bond acceptors (Lipinski definition) is 3. The summed E-state index contributed by atoms with van der Waals surface area (Å²) in [6.07, 6.45) is 1.91. The van der Waals surface area contributed by atoms with Crippen LogP contribution in [-0.4, -0.2) is 27.3 Å². The van der Waals surface area contributed by atoms with Gasteiger partial charge in [-0.15, -0.1) is 0 Å². The Hall–Kier alpha value is -1.29. The molecule has 0 bridgehead atoms. The number of methoxy groups -OCH3 is 2. The molecule has 0 spiro atoms. The van der Waals surface area contributed by atoms with Crippen molar-refractivity contribution in [1.82, 2.24) is 5.32 Å². The van der Waals surface area contributed by atoms with Crippen molar-refractivity contribution in [2.24, 2.45) is 0 Å². The van der Waals surface area contributed by atoms with Crippen LogP contribution in [0.4, 0.5) is 4.39 Å². The molecule has 1 aliphatic heterocycles. The Balaban J connectivity index is 2.31. The van der Waals surface area contributed by atoms with E-state index < -0.39 is 5.67 Å². The maximum atomic E-state index is 15.0. The van der Waals surface area contributed by atoms with Crippen molar-refractivity contribution in [3.63, 3.8) is 0 Å². The fourth-order valence-electron chi connectivity index (χ4n) is 2.43. The first-order chi connectivity index (χ1) is 8.69. The van der Waals surface area contributed by atoms with Gasteiger partial charge in [0.2, 0.25) is 0 Å². The first-order valence-electron chi connectivity index (χ1n) is 6.32. The largest absolute Gasteiger partial charge is 0.493 e. The number of ether oxygens (including phenoxy) is 2. The van der Waals surface area contributed by atoms with Crippen molar-refractivity contribution < 1.29 is 13.9 Å². The van der Waals surface area contributed by atoms with Gasteiger partial charge in [-0.25, -0.2) is 4.39 Å². The lowest BCUT2D eigenvalue weighted by Crippen LogP contribution is -2.22. The molecule has 2 rings (SSSR count). The lowest BCUT2D eigenvalue weighted by molar-refractivity contribution is 0.144. The molecule has 1 saturated heterocycles. The molecule has 1 aromatic carbocycles. The molecule has 0 saturated carbocycles. The Bertz CT molecular complexity index is 401. The topological polar surface area (TPSA) is 30.5 Å². The molecule has 18 heavy (non-hydrogen) atoms. The van der Waals surface area contributed by atoms with E-state index in [-0.39, 0.29) is 0 Å². The van der Waals surface area contributed by atoms with E-state index in [2.05, 4.69) is 5.32 Å². The predicted molar refractivity (Wildman–Crippen MR) is 69.1 cm³/mol. The highest BCUT2D eigenvalue weighted by atomic mass is 19.1. The molecule has 1 atom stereocenters. The summed E-state index contributed by atoms with van der Waals surface area (Å²) in [5, 5.41) is 3.23. The fraction of sp³-hybridized carbons (Fsp3) is 0.571. The van der Waals surface area contributed by atoms with Gasteiger partial charge in [-0.3, -0.25) is 0 Å². The second-order valence-corrected chi connectivity index (χ2v) is 4.64. The van der Waals surface area contributed by atoms with Gasteiger partial charge in [0.15, 0.2) is 11.5 Å². The molecule has 0 radical (unpaired) electrons. The van der Waals surface area contributed by atoms with E-state index >= 15 is 0 Å². The molecule has 100 valence electrons. The van der Waals surface area contributed by atoms with Gasteiger partial charge in [-0.2, -0.15) is 0 Å². The number of halogens is 1. The Morgan fingerprint density at radius 2 is 1.89 bits per heavy atom. The molecule has 0 aliphatic carbocycles. The maximum Gasteiger partial charge on any atom is 0.161 e. The van der Waals surface area contributed by atoms with Crippen LogP contribution < -0.4 is 14.8 Å². The summed E-state index contributed by atoms with van der Waals surface area (Å²) < 4.78 is 25.4. The van der Waals surface area contributed by atoms with Gasteiger partial charge >= 0.3 is 0 Å². The smallest absolute Gasteiger partial charge is 0.161 e. The Kier molecular flexibility index (Phi) is 4.07. The van der Waals surface area contributed by atoms with Gasteiger partial charge in [0.1, 0.15) is 5.67 Å². The third kappa shape index (κ3) is 2.58. The van der Waals surface area contributed by atoms with Gasteiger partial charge < -0.3 is 14.8 Å². The van der Waals surface area contributed by atoms with Crippen molar-refractivity contribution in [1.29, 1.82) is 0 Å². The van der Waals surface area contributed by atoms with Gasteiger partial charge in [0.05, 0.1) is 14.2 Å². The highest BCUT2D eigenvalue weighted by Crippen LogP contribution is 2.39. The summed E-state index contributed by atoms with van der Waals surface area (Å²) in [6.45, 7) is 1.60. The first-order valence-corrected chi connectivity index (χ1v) is 6.32. The van der Waals surface area contributed by atoms with Crippen LogP contribution in [0.25, 0.3) is 0 Å². The minimum Gasteiger partial charge on any atom is -0.493 e. The van der Waals surface area contributed by atoms with Gasteiger partial charge in [-0.05, 0) is 50.0 Å². The number of benzene rings is 1. The number of alkyl halides is 1. The molecule has 3 nitrogen and oxygen atoms in total. The minimum atomic E-state index is -1.26. The molecule has 1 aliphatic rings. The maximum absolute atomic E-state index is 15.0.